The number of aromatic amines is 1. The molecular formula is C20H24N4O2. The Morgan fingerprint density at radius 1 is 1.19 bits per heavy atom. The van der Waals surface area contributed by atoms with E-state index in [0.717, 1.165) is 44.5 Å². The number of nitrogens with one attached hydrogen (secondary N) is 1. The van der Waals surface area contributed by atoms with Crippen LogP contribution >= 0.6 is 0 Å². The average Bonchev–Trinajstić information content (AvgIpc) is 3.20. The normalized spacial score (nSPS) is 23.5. The summed E-state index contributed by atoms with van der Waals surface area (Å²) in [4.78, 5) is 36.1. The number of hydrogen-bond acceptors (Lipinski definition) is 3. The van der Waals surface area contributed by atoms with Crippen molar-refractivity contribution in [2.24, 2.45) is 5.41 Å². The summed E-state index contributed by atoms with van der Waals surface area (Å²) in [5, 5.41) is 0. The Morgan fingerprint density at radius 2 is 2.04 bits per heavy atom. The number of nitrogens with zero attached hydrogens (tertiary/aromatic N) is 3. The Hall–Kier alpha value is -2.63. The van der Waals surface area contributed by atoms with Crippen LogP contribution in [0.2, 0.25) is 0 Å². The summed E-state index contributed by atoms with van der Waals surface area (Å²) in [7, 11) is 0. The quantitative estimate of drug-likeness (QED) is 0.922. The van der Waals surface area contributed by atoms with Gasteiger partial charge in [0, 0.05) is 62.8 Å². The predicted octanol–water partition coefficient (Wildman–Crippen LogP) is 2.45. The first kappa shape index (κ1) is 16.8. The largest absolute Gasteiger partial charge is 0.367 e. The molecule has 0 bridgehead atoms. The summed E-state index contributed by atoms with van der Waals surface area (Å²) >= 11 is 0. The van der Waals surface area contributed by atoms with Gasteiger partial charge in [-0.2, -0.15) is 0 Å². The highest BCUT2D eigenvalue weighted by atomic mass is 16.2. The Kier molecular flexibility index (Phi) is 4.49. The lowest BCUT2D eigenvalue weighted by atomic mass is 9.73. The molecule has 6 nitrogen and oxygen atoms in total. The van der Waals surface area contributed by atoms with Crippen LogP contribution in [0.25, 0.3) is 0 Å². The van der Waals surface area contributed by atoms with Crippen LogP contribution in [-0.2, 0) is 11.3 Å². The van der Waals surface area contributed by atoms with Gasteiger partial charge < -0.3 is 14.8 Å². The monoisotopic (exact) mass is 352 g/mol. The van der Waals surface area contributed by atoms with Gasteiger partial charge >= 0.3 is 0 Å². The number of piperidine rings is 2. The zero-order valence-electron chi connectivity index (χ0n) is 14.9. The van der Waals surface area contributed by atoms with Gasteiger partial charge in [0.25, 0.3) is 5.91 Å². The van der Waals surface area contributed by atoms with Crippen LogP contribution in [0.15, 0.2) is 43.0 Å². The summed E-state index contributed by atoms with van der Waals surface area (Å²) in [6.45, 7) is 2.88. The number of pyridine rings is 1. The van der Waals surface area contributed by atoms with Gasteiger partial charge in [-0.25, -0.2) is 0 Å². The lowest BCUT2D eigenvalue weighted by Gasteiger charge is -2.48. The first-order valence-electron chi connectivity index (χ1n) is 9.24. The lowest BCUT2D eigenvalue weighted by molar-refractivity contribution is -0.139. The molecular weight excluding hydrogens is 328 g/mol. The third kappa shape index (κ3) is 3.36. The summed E-state index contributed by atoms with van der Waals surface area (Å²) in [6.07, 6.45) is 10.6. The second-order valence-electron chi connectivity index (χ2n) is 7.54. The van der Waals surface area contributed by atoms with Crippen LogP contribution in [0.1, 0.15) is 41.6 Å². The van der Waals surface area contributed by atoms with E-state index in [2.05, 4.69) is 9.97 Å². The molecule has 2 amide bonds. The van der Waals surface area contributed by atoms with Gasteiger partial charge in [0.2, 0.25) is 5.91 Å². The van der Waals surface area contributed by atoms with Crippen molar-refractivity contribution in [3.8, 4) is 0 Å². The molecule has 2 aliphatic rings. The highest BCUT2D eigenvalue weighted by molar-refractivity contribution is 5.94. The molecule has 2 fully saturated rings. The van der Waals surface area contributed by atoms with E-state index in [1.165, 1.54) is 0 Å². The molecule has 136 valence electrons. The summed E-state index contributed by atoms with van der Waals surface area (Å²) in [6, 6.07) is 5.73. The van der Waals surface area contributed by atoms with Gasteiger partial charge in [0.1, 0.15) is 0 Å². The second-order valence-corrected chi connectivity index (χ2v) is 7.54. The maximum absolute atomic E-state index is 12.7. The minimum atomic E-state index is 0.0190. The highest BCUT2D eigenvalue weighted by Crippen LogP contribution is 2.39. The zero-order valence-corrected chi connectivity index (χ0v) is 14.9. The van der Waals surface area contributed by atoms with Crippen LogP contribution in [0.3, 0.4) is 0 Å². The van der Waals surface area contributed by atoms with Crippen molar-refractivity contribution in [2.45, 2.75) is 32.2 Å². The van der Waals surface area contributed by atoms with Crippen LogP contribution in [-0.4, -0.2) is 51.2 Å². The molecule has 1 unspecified atom stereocenters. The van der Waals surface area contributed by atoms with Crippen LogP contribution in [0, 0.1) is 5.41 Å². The second kappa shape index (κ2) is 6.94. The van der Waals surface area contributed by atoms with Crippen molar-refractivity contribution < 1.29 is 9.59 Å². The Bertz CT molecular complexity index is 774. The highest BCUT2D eigenvalue weighted by Gasteiger charge is 2.42. The standard InChI is InChI=1S/C20H24N4O2/c25-18-2-7-20(15-24(18)13-16-3-8-21-9-4-16)6-1-11-23(14-20)19(26)17-5-10-22-12-17/h3-5,8-10,12,22H,1-2,6-7,11,13-15H2. The predicted molar refractivity (Wildman–Crippen MR) is 97.3 cm³/mol. The van der Waals surface area contributed by atoms with E-state index in [9.17, 15) is 9.59 Å². The van der Waals surface area contributed by atoms with Gasteiger partial charge in [0.15, 0.2) is 0 Å². The van der Waals surface area contributed by atoms with E-state index in [0.29, 0.717) is 18.5 Å². The topological polar surface area (TPSA) is 69.3 Å². The molecule has 1 atom stereocenters. The van der Waals surface area contributed by atoms with Crippen molar-refractivity contribution in [1.82, 2.24) is 19.8 Å². The first-order chi connectivity index (χ1) is 12.7. The van der Waals surface area contributed by atoms with E-state index in [-0.39, 0.29) is 17.2 Å². The molecule has 1 spiro atoms. The van der Waals surface area contributed by atoms with Crippen molar-refractivity contribution >= 4 is 11.8 Å². The number of carbonyl (C=O) groups is 2. The number of amides is 2. The van der Waals surface area contributed by atoms with Gasteiger partial charge in [-0.05, 0) is 43.0 Å². The Labute approximate surface area is 153 Å². The van der Waals surface area contributed by atoms with E-state index in [4.69, 9.17) is 0 Å². The summed E-state index contributed by atoms with van der Waals surface area (Å²) in [5.41, 5.74) is 1.83. The van der Waals surface area contributed by atoms with Gasteiger partial charge in [-0.15, -0.1) is 0 Å². The average molecular weight is 352 g/mol. The fraction of sp³-hybridized carbons (Fsp3) is 0.450. The van der Waals surface area contributed by atoms with Gasteiger partial charge in [0.05, 0.1) is 5.56 Å². The maximum atomic E-state index is 12.7. The van der Waals surface area contributed by atoms with Crippen LogP contribution in [0.4, 0.5) is 0 Å². The summed E-state index contributed by atoms with van der Waals surface area (Å²) in [5.74, 6) is 0.296. The van der Waals surface area contributed by atoms with Crippen molar-refractivity contribution in [3.63, 3.8) is 0 Å². The minimum absolute atomic E-state index is 0.0190. The molecule has 1 N–H and O–H groups in total. The first-order valence-corrected chi connectivity index (χ1v) is 9.24. The molecule has 2 aromatic rings. The molecule has 2 saturated heterocycles. The molecule has 0 radical (unpaired) electrons. The zero-order chi connectivity index (χ0) is 18.0. The minimum Gasteiger partial charge on any atom is -0.367 e. The Morgan fingerprint density at radius 3 is 2.81 bits per heavy atom. The third-order valence-electron chi connectivity index (χ3n) is 5.66. The van der Waals surface area contributed by atoms with Crippen molar-refractivity contribution in [2.75, 3.05) is 19.6 Å². The molecule has 0 aromatic carbocycles. The molecule has 2 aromatic heterocycles. The lowest BCUT2D eigenvalue weighted by Crippen LogP contribution is -2.54. The van der Waals surface area contributed by atoms with Gasteiger partial charge in [-0.3, -0.25) is 14.6 Å². The smallest absolute Gasteiger partial charge is 0.255 e. The van der Waals surface area contributed by atoms with Gasteiger partial charge in [-0.1, -0.05) is 0 Å². The number of hydrogen-bond donors (Lipinski definition) is 1. The van der Waals surface area contributed by atoms with Crippen molar-refractivity contribution in [3.05, 3.63) is 54.1 Å². The molecule has 4 rings (SSSR count). The summed E-state index contributed by atoms with van der Waals surface area (Å²) < 4.78 is 0. The molecule has 0 saturated carbocycles. The van der Waals surface area contributed by atoms with E-state index >= 15 is 0 Å². The van der Waals surface area contributed by atoms with E-state index in [1.807, 2.05) is 28.0 Å². The molecule has 4 heterocycles. The molecule has 2 aliphatic heterocycles. The SMILES string of the molecule is O=C1CCC2(CCCN(C(=O)c3cc[nH]c3)C2)CN1Cc1ccncc1. The number of likely N-dealkylation sites (tertiary alicyclic amines) is 2. The molecule has 26 heavy (non-hydrogen) atoms. The number of aromatic nitrogens is 2. The molecule has 0 aliphatic carbocycles. The van der Waals surface area contributed by atoms with Crippen molar-refractivity contribution in [1.29, 1.82) is 0 Å². The van der Waals surface area contributed by atoms with Crippen LogP contribution < -0.4 is 0 Å². The Balaban J connectivity index is 1.48. The maximum Gasteiger partial charge on any atom is 0.255 e. The van der Waals surface area contributed by atoms with E-state index < -0.39 is 0 Å². The fourth-order valence-electron chi connectivity index (χ4n) is 4.31. The molecule has 6 heteroatoms. The fourth-order valence-corrected chi connectivity index (χ4v) is 4.31. The third-order valence-corrected chi connectivity index (χ3v) is 5.66. The van der Waals surface area contributed by atoms with E-state index in [1.54, 1.807) is 24.8 Å². The number of rotatable bonds is 3. The van der Waals surface area contributed by atoms with Crippen LogP contribution in [0.5, 0.6) is 0 Å². The number of H-pyrrole nitrogens is 1. The number of carbonyl (C=O) groups excluding carboxylic acids is 2.